The fourth-order valence-corrected chi connectivity index (χ4v) is 8.35. The highest BCUT2D eigenvalue weighted by Crippen LogP contribution is 2.23. The third-order valence-corrected chi connectivity index (χ3v) is 11.5. The normalized spacial score (nSPS) is 18.5. The number of H-pyrrole nitrogens is 3. The molecular weight excluding hydrogens is 681 g/mol. The van der Waals surface area contributed by atoms with E-state index in [1.165, 1.54) is 113 Å². The highest BCUT2D eigenvalue weighted by atomic mass is 32.1. The molecule has 0 unspecified atom stereocenters. The number of nitrogens with zero attached hydrogens (tertiary/aromatic N) is 5. The molecule has 12 rings (SSSR count). The standard InChI is InChI=1S/2C7H10N2.C7H9NS.C7H9N.2C6H9N3/c1-4-9-7-2-3-8-5-6(1)7;1-2-8-4-7-5-9-3-6(1)7;1-2-4-7-6(3-1)8-5-9-7;1-3-7-4-2-6-8(7)5-1;1-2-7-3-5-4-8-9-6(1)5;1-2-7-3-6-5(1)8-4-9-6/h1,4,8-9H,2-3,5H2;3,8H,1-2,4-5H2;5H,1-4H2;1,3,5H,2,4,6H2;2*4,7H,1-3H2,(H,8,9). The van der Waals surface area contributed by atoms with Gasteiger partial charge in [-0.3, -0.25) is 10.1 Å². The third kappa shape index (κ3) is 10.7. The summed E-state index contributed by atoms with van der Waals surface area (Å²) in [6.07, 6.45) is 22.2. The van der Waals surface area contributed by atoms with Crippen LogP contribution in [0, 0.1) is 0 Å². The lowest BCUT2D eigenvalue weighted by Crippen LogP contribution is -2.24. The summed E-state index contributed by atoms with van der Waals surface area (Å²) < 4.78 is 2.32. The van der Waals surface area contributed by atoms with E-state index in [-0.39, 0.29) is 0 Å². The number of imidazole rings is 1. The van der Waals surface area contributed by atoms with Crippen molar-refractivity contribution in [2.75, 3.05) is 39.3 Å². The van der Waals surface area contributed by atoms with Crippen LogP contribution >= 0.6 is 11.3 Å². The number of aliphatic imine (C=N–C) groups is 1. The lowest BCUT2D eigenvalue weighted by molar-refractivity contribution is 0.627. The zero-order valence-electron chi connectivity index (χ0n) is 31.0. The summed E-state index contributed by atoms with van der Waals surface area (Å²) in [6.45, 7) is 10.6. The second-order valence-corrected chi connectivity index (χ2v) is 15.2. The van der Waals surface area contributed by atoms with Gasteiger partial charge in [-0.15, -0.1) is 11.3 Å². The minimum absolute atomic E-state index is 0.947. The molecule has 5 aromatic heterocycles. The Morgan fingerprint density at radius 3 is 2.36 bits per heavy atom. The van der Waals surface area contributed by atoms with E-state index in [1.54, 1.807) is 6.33 Å². The van der Waals surface area contributed by atoms with E-state index in [0.29, 0.717) is 0 Å². The van der Waals surface area contributed by atoms with Gasteiger partial charge in [0, 0.05) is 118 Å². The number of fused-ring (bicyclic) bond motifs is 5. The maximum Gasteiger partial charge on any atom is 0.0925 e. The van der Waals surface area contributed by atoms with Crippen molar-refractivity contribution in [2.45, 2.75) is 90.4 Å². The average molecular weight is 737 g/mol. The van der Waals surface area contributed by atoms with E-state index in [0.717, 1.165) is 78.2 Å². The van der Waals surface area contributed by atoms with Gasteiger partial charge in [0.1, 0.15) is 0 Å². The second kappa shape index (κ2) is 19.8. The SMILES string of the molecule is C1=NCC2=C1CCNC2.c1cc2c([nH]1)CCNC2.c1cc2n(c1)CCC2.c1n[nH]c2c1CNCC2.c1nc2c([nH]1)CNCC2.c1nc2c(s1)CCCC2. The van der Waals surface area contributed by atoms with E-state index in [4.69, 9.17) is 0 Å². The average Bonchev–Trinajstić information content (AvgIpc) is 4.07. The molecule has 0 aromatic carbocycles. The molecule has 12 nitrogen and oxygen atoms in total. The van der Waals surface area contributed by atoms with Crippen LogP contribution in [0.5, 0.6) is 0 Å². The Kier molecular flexibility index (Phi) is 13.9. The van der Waals surface area contributed by atoms with Crippen molar-refractivity contribution >= 4 is 17.6 Å². The van der Waals surface area contributed by atoms with Crippen molar-refractivity contribution < 1.29 is 0 Å². The first-order valence-corrected chi connectivity index (χ1v) is 20.4. The lowest BCUT2D eigenvalue weighted by atomic mass is 10.0. The van der Waals surface area contributed by atoms with Gasteiger partial charge in [-0.05, 0) is 86.4 Å². The van der Waals surface area contributed by atoms with Crippen molar-refractivity contribution in [3.63, 3.8) is 0 Å². The van der Waals surface area contributed by atoms with Gasteiger partial charge in [0.05, 0.1) is 41.7 Å². The monoisotopic (exact) mass is 736 g/mol. The van der Waals surface area contributed by atoms with Crippen molar-refractivity contribution in [2.24, 2.45) is 4.99 Å². The number of hydrogen-bond acceptors (Lipinski definition) is 9. The van der Waals surface area contributed by atoms with Gasteiger partial charge in [-0.2, -0.15) is 5.10 Å². The first-order chi connectivity index (χ1) is 26.3. The number of nitrogens with one attached hydrogen (secondary N) is 7. The van der Waals surface area contributed by atoms with E-state index < -0.39 is 0 Å². The van der Waals surface area contributed by atoms with Crippen LogP contribution in [0.15, 0.2) is 64.8 Å². The molecule has 5 aromatic rings. The highest BCUT2D eigenvalue weighted by molar-refractivity contribution is 7.09. The summed E-state index contributed by atoms with van der Waals surface area (Å²) in [6, 6.07) is 6.46. The minimum atomic E-state index is 0.947. The Morgan fingerprint density at radius 1 is 0.679 bits per heavy atom. The van der Waals surface area contributed by atoms with E-state index in [9.17, 15) is 0 Å². The molecule has 53 heavy (non-hydrogen) atoms. The molecule has 7 aliphatic rings. The first-order valence-electron chi connectivity index (χ1n) is 19.6. The lowest BCUT2D eigenvalue weighted by Gasteiger charge is -2.12. The molecular formula is C40H56N12S. The third-order valence-electron chi connectivity index (χ3n) is 10.6. The van der Waals surface area contributed by atoms with Gasteiger partial charge >= 0.3 is 0 Å². The minimum Gasteiger partial charge on any atom is -0.365 e. The van der Waals surface area contributed by atoms with E-state index >= 15 is 0 Å². The number of aromatic amines is 3. The van der Waals surface area contributed by atoms with Crippen LogP contribution in [0.1, 0.15) is 75.9 Å². The van der Waals surface area contributed by atoms with Gasteiger partial charge in [-0.25, -0.2) is 9.97 Å². The molecule has 0 amide bonds. The first kappa shape index (κ1) is 37.2. The Morgan fingerprint density at radius 2 is 1.51 bits per heavy atom. The molecule has 0 atom stereocenters. The second-order valence-electron chi connectivity index (χ2n) is 14.2. The van der Waals surface area contributed by atoms with Crippen molar-refractivity contribution in [1.82, 2.24) is 56.0 Å². The number of aromatic nitrogens is 7. The number of aryl methyl sites for hydroxylation is 4. The summed E-state index contributed by atoms with van der Waals surface area (Å²) in [5.41, 5.74) is 15.8. The fraction of sp³-hybridized carbons (Fsp3) is 0.500. The quantitative estimate of drug-likeness (QED) is 0.123. The molecule has 11 heterocycles. The topological polar surface area (TPSA) is 151 Å². The van der Waals surface area contributed by atoms with Gasteiger partial charge in [0.25, 0.3) is 0 Å². The number of hydrogen-bond donors (Lipinski definition) is 7. The van der Waals surface area contributed by atoms with Crippen LogP contribution in [-0.4, -0.2) is 80.2 Å². The summed E-state index contributed by atoms with van der Waals surface area (Å²) in [4.78, 5) is 20.5. The Labute approximate surface area is 317 Å². The maximum atomic E-state index is 4.28. The summed E-state index contributed by atoms with van der Waals surface area (Å²) in [7, 11) is 0. The van der Waals surface area contributed by atoms with Crippen LogP contribution in [0.25, 0.3) is 0 Å². The van der Waals surface area contributed by atoms with Crippen molar-refractivity contribution in [3.05, 3.63) is 110 Å². The summed E-state index contributed by atoms with van der Waals surface area (Å²) >= 11 is 1.81. The Bertz CT molecular complexity index is 1600. The van der Waals surface area contributed by atoms with Crippen molar-refractivity contribution in [1.29, 1.82) is 0 Å². The van der Waals surface area contributed by atoms with E-state index in [2.05, 4.69) is 85.4 Å². The zero-order valence-corrected chi connectivity index (χ0v) is 31.8. The van der Waals surface area contributed by atoms with Crippen LogP contribution in [-0.2, 0) is 64.7 Å². The van der Waals surface area contributed by atoms with Gasteiger partial charge in [-0.1, -0.05) is 0 Å². The Balaban J connectivity index is 0.0000000986. The predicted octanol–water partition coefficient (Wildman–Crippen LogP) is 4.59. The summed E-state index contributed by atoms with van der Waals surface area (Å²) in [5, 5.41) is 20.1. The number of thiazole rings is 1. The molecule has 7 N–H and O–H groups in total. The van der Waals surface area contributed by atoms with Gasteiger partial charge in [0.15, 0.2) is 0 Å². The number of rotatable bonds is 0. The molecule has 282 valence electrons. The summed E-state index contributed by atoms with van der Waals surface area (Å²) in [5.74, 6) is 0. The van der Waals surface area contributed by atoms with E-state index in [1.807, 2.05) is 35.5 Å². The molecule has 0 fully saturated rings. The van der Waals surface area contributed by atoms with Crippen LogP contribution < -0.4 is 21.3 Å². The van der Waals surface area contributed by atoms with Gasteiger partial charge in [0.2, 0.25) is 0 Å². The Hall–Kier alpha value is -4.14. The fourth-order valence-electron chi connectivity index (χ4n) is 7.49. The molecule has 13 heteroatoms. The highest BCUT2D eigenvalue weighted by Gasteiger charge is 2.14. The van der Waals surface area contributed by atoms with Crippen molar-refractivity contribution in [3.8, 4) is 0 Å². The largest absolute Gasteiger partial charge is 0.365 e. The smallest absolute Gasteiger partial charge is 0.0925 e. The molecule has 0 bridgehead atoms. The molecule has 0 saturated heterocycles. The molecule has 1 aliphatic carbocycles. The predicted molar refractivity (Wildman–Crippen MR) is 214 cm³/mol. The molecule has 0 radical (unpaired) electrons. The zero-order chi connectivity index (χ0) is 35.9. The van der Waals surface area contributed by atoms with Gasteiger partial charge < -0.3 is 35.8 Å². The van der Waals surface area contributed by atoms with Crippen LogP contribution in [0.2, 0.25) is 0 Å². The van der Waals surface area contributed by atoms with Crippen LogP contribution in [0.3, 0.4) is 0 Å². The molecule has 6 aliphatic heterocycles. The molecule has 0 spiro atoms. The van der Waals surface area contributed by atoms with Crippen LogP contribution in [0.4, 0.5) is 0 Å². The maximum absolute atomic E-state index is 4.28. The molecule has 0 saturated carbocycles.